The van der Waals surface area contributed by atoms with Gasteiger partial charge in [0.2, 0.25) is 6.49 Å². The van der Waals surface area contributed by atoms with Crippen molar-refractivity contribution in [2.24, 2.45) is 0 Å². The van der Waals surface area contributed by atoms with Crippen LogP contribution in [0.4, 0.5) is 0 Å². The molecule has 1 rings (SSSR count). The second-order valence-corrected chi connectivity index (χ2v) is 6.85. The molecule has 0 spiro atoms. The van der Waals surface area contributed by atoms with Crippen molar-refractivity contribution in [2.45, 2.75) is 13.8 Å². The SMILES string of the molecule is CCOP(=S)(OCC)/C(=C/Cl)c1ccccc1. The van der Waals surface area contributed by atoms with E-state index >= 15 is 0 Å². The topological polar surface area (TPSA) is 18.5 Å². The van der Waals surface area contributed by atoms with Crippen molar-refractivity contribution in [3.05, 3.63) is 41.4 Å². The van der Waals surface area contributed by atoms with Gasteiger partial charge in [-0.25, -0.2) is 0 Å². The molecule has 0 saturated heterocycles. The summed E-state index contributed by atoms with van der Waals surface area (Å²) in [6, 6.07) is 9.72. The predicted octanol–water partition coefficient (Wildman–Crippen LogP) is 4.61. The summed E-state index contributed by atoms with van der Waals surface area (Å²) in [6.45, 7) is 2.34. The molecule has 0 aromatic heterocycles. The smallest absolute Gasteiger partial charge is 0.220 e. The summed E-state index contributed by atoms with van der Waals surface area (Å²) < 4.78 is 11.3. The maximum absolute atomic E-state index is 5.90. The lowest BCUT2D eigenvalue weighted by molar-refractivity contribution is 0.275. The third-order valence-corrected chi connectivity index (χ3v) is 5.83. The fraction of sp³-hybridized carbons (Fsp3) is 0.333. The fourth-order valence-corrected chi connectivity index (χ4v) is 4.82. The largest absolute Gasteiger partial charge is 0.326 e. The molecule has 0 aliphatic rings. The molecule has 94 valence electrons. The van der Waals surface area contributed by atoms with Crippen molar-refractivity contribution < 1.29 is 9.05 Å². The van der Waals surface area contributed by atoms with Crippen LogP contribution in [0.2, 0.25) is 0 Å². The lowest BCUT2D eigenvalue weighted by Crippen LogP contribution is -1.98. The maximum atomic E-state index is 5.90. The van der Waals surface area contributed by atoms with Gasteiger partial charge in [0.05, 0.1) is 18.5 Å². The van der Waals surface area contributed by atoms with Crippen molar-refractivity contribution >= 4 is 35.2 Å². The highest BCUT2D eigenvalue weighted by atomic mass is 35.5. The van der Waals surface area contributed by atoms with Crippen LogP contribution >= 0.6 is 18.1 Å². The Balaban J connectivity index is 3.12. The average molecular weight is 291 g/mol. The second-order valence-electron chi connectivity index (χ2n) is 3.19. The zero-order valence-corrected chi connectivity index (χ0v) is 12.4. The Morgan fingerprint density at radius 1 is 1.24 bits per heavy atom. The Hall–Kier alpha value is -0.180. The Bertz CT molecular complexity index is 410. The summed E-state index contributed by atoms with van der Waals surface area (Å²) in [4.78, 5) is 0. The molecular weight excluding hydrogens is 275 g/mol. The zero-order chi connectivity index (χ0) is 12.7. The number of hydrogen-bond acceptors (Lipinski definition) is 3. The second kappa shape index (κ2) is 7.30. The van der Waals surface area contributed by atoms with E-state index < -0.39 is 6.49 Å². The molecular formula is C12H16ClO2PS. The van der Waals surface area contributed by atoms with Gasteiger partial charge >= 0.3 is 0 Å². The summed E-state index contributed by atoms with van der Waals surface area (Å²) >= 11 is 11.4. The summed E-state index contributed by atoms with van der Waals surface area (Å²) in [6.07, 6.45) is 0. The highest BCUT2D eigenvalue weighted by Gasteiger charge is 2.25. The number of halogens is 1. The normalized spacial score (nSPS) is 12.8. The van der Waals surface area contributed by atoms with E-state index in [9.17, 15) is 0 Å². The van der Waals surface area contributed by atoms with Crippen LogP contribution in [0.1, 0.15) is 19.4 Å². The summed E-state index contributed by atoms with van der Waals surface area (Å²) in [7, 11) is 0. The van der Waals surface area contributed by atoms with Crippen LogP contribution in [0.25, 0.3) is 5.31 Å². The van der Waals surface area contributed by atoms with Gasteiger partial charge in [0.15, 0.2) is 0 Å². The van der Waals surface area contributed by atoms with Gasteiger partial charge in [0.1, 0.15) is 0 Å². The van der Waals surface area contributed by atoms with E-state index in [1.807, 2.05) is 44.2 Å². The molecule has 0 radical (unpaired) electrons. The Morgan fingerprint density at radius 2 is 1.76 bits per heavy atom. The van der Waals surface area contributed by atoms with Crippen LogP contribution in [-0.4, -0.2) is 13.2 Å². The van der Waals surface area contributed by atoms with Crippen molar-refractivity contribution in [2.75, 3.05) is 13.2 Å². The van der Waals surface area contributed by atoms with Crippen LogP contribution < -0.4 is 0 Å². The first-order chi connectivity index (χ1) is 8.18. The summed E-state index contributed by atoms with van der Waals surface area (Å²) in [5, 5.41) is 0.762. The molecule has 0 bridgehead atoms. The first kappa shape index (κ1) is 14.9. The van der Waals surface area contributed by atoms with Crippen molar-refractivity contribution in [1.82, 2.24) is 0 Å². The molecule has 0 amide bonds. The molecule has 1 aromatic carbocycles. The van der Waals surface area contributed by atoms with Gasteiger partial charge in [-0.05, 0) is 31.2 Å². The minimum Gasteiger partial charge on any atom is -0.326 e. The highest BCUT2D eigenvalue weighted by molar-refractivity contribution is 8.14. The van der Waals surface area contributed by atoms with Gasteiger partial charge in [0, 0.05) is 5.54 Å². The summed E-state index contributed by atoms with van der Waals surface area (Å²) in [5.74, 6) is 0. The highest BCUT2D eigenvalue weighted by Crippen LogP contribution is 2.60. The molecule has 0 atom stereocenters. The van der Waals surface area contributed by atoms with Gasteiger partial charge in [-0.15, -0.1) is 0 Å². The average Bonchev–Trinajstić information content (AvgIpc) is 2.31. The van der Waals surface area contributed by atoms with Gasteiger partial charge < -0.3 is 9.05 Å². The molecule has 0 saturated carbocycles. The van der Waals surface area contributed by atoms with Crippen molar-refractivity contribution in [3.8, 4) is 0 Å². The van der Waals surface area contributed by atoms with Crippen molar-refractivity contribution in [3.63, 3.8) is 0 Å². The van der Waals surface area contributed by atoms with E-state index in [4.69, 9.17) is 32.5 Å². The fourth-order valence-electron chi connectivity index (χ4n) is 1.41. The van der Waals surface area contributed by atoms with Crippen LogP contribution in [0.15, 0.2) is 35.9 Å². The quantitative estimate of drug-likeness (QED) is 0.713. The van der Waals surface area contributed by atoms with E-state index in [1.165, 1.54) is 5.54 Å². The Morgan fingerprint density at radius 3 is 2.18 bits per heavy atom. The molecule has 17 heavy (non-hydrogen) atoms. The van der Waals surface area contributed by atoms with E-state index in [1.54, 1.807) is 0 Å². The third kappa shape index (κ3) is 3.90. The first-order valence-electron chi connectivity index (χ1n) is 5.43. The van der Waals surface area contributed by atoms with Gasteiger partial charge in [0.25, 0.3) is 0 Å². The van der Waals surface area contributed by atoms with Gasteiger partial charge in [-0.3, -0.25) is 0 Å². The van der Waals surface area contributed by atoms with E-state index in [-0.39, 0.29) is 0 Å². The van der Waals surface area contributed by atoms with Crippen LogP contribution in [0.5, 0.6) is 0 Å². The molecule has 0 aliphatic heterocycles. The molecule has 2 nitrogen and oxygen atoms in total. The van der Waals surface area contributed by atoms with Crippen LogP contribution in [-0.2, 0) is 20.9 Å². The van der Waals surface area contributed by atoms with Gasteiger partial charge in [-0.2, -0.15) is 0 Å². The zero-order valence-electron chi connectivity index (χ0n) is 9.93. The molecule has 0 fully saturated rings. The number of benzene rings is 1. The molecule has 0 heterocycles. The molecule has 5 heteroatoms. The molecule has 0 N–H and O–H groups in total. The van der Waals surface area contributed by atoms with E-state index in [0.717, 1.165) is 10.9 Å². The number of hydrogen-bond donors (Lipinski definition) is 0. The Kier molecular flexibility index (Phi) is 6.39. The summed E-state index contributed by atoms with van der Waals surface area (Å²) in [5.41, 5.74) is 2.43. The van der Waals surface area contributed by atoms with Crippen LogP contribution in [0, 0.1) is 0 Å². The maximum Gasteiger partial charge on any atom is 0.220 e. The predicted molar refractivity (Wildman–Crippen MR) is 77.8 cm³/mol. The lowest BCUT2D eigenvalue weighted by atomic mass is 10.2. The van der Waals surface area contributed by atoms with E-state index in [0.29, 0.717) is 13.2 Å². The first-order valence-corrected chi connectivity index (χ1v) is 8.51. The van der Waals surface area contributed by atoms with Crippen molar-refractivity contribution in [1.29, 1.82) is 0 Å². The minimum atomic E-state index is -2.49. The number of rotatable bonds is 6. The third-order valence-electron chi connectivity index (χ3n) is 2.07. The Labute approximate surface area is 113 Å². The minimum absolute atomic E-state index is 0.512. The molecule has 0 unspecified atom stereocenters. The van der Waals surface area contributed by atoms with E-state index in [2.05, 4.69) is 0 Å². The molecule has 1 aromatic rings. The monoisotopic (exact) mass is 290 g/mol. The lowest BCUT2D eigenvalue weighted by Gasteiger charge is -2.23. The molecule has 0 aliphatic carbocycles. The standard InChI is InChI=1S/C12H16ClO2PS/c1-3-14-16(17,15-4-2)12(10-13)11-8-6-5-7-9-11/h5-10H,3-4H2,1-2H3/b12-10+. The van der Waals surface area contributed by atoms with Gasteiger partial charge in [-0.1, -0.05) is 41.9 Å². The van der Waals surface area contributed by atoms with Crippen LogP contribution in [0.3, 0.4) is 0 Å².